The molecule has 0 unspecified atom stereocenters. The molecule has 3 aromatic rings. The number of hydrogen-bond donors (Lipinski definition) is 3. The van der Waals surface area contributed by atoms with Gasteiger partial charge in [-0.3, -0.25) is 9.36 Å². The van der Waals surface area contributed by atoms with Gasteiger partial charge in [0.05, 0.1) is 25.6 Å². The summed E-state index contributed by atoms with van der Waals surface area (Å²) < 4.78 is 27.3. The molecule has 2 aromatic heterocycles. The first-order valence-electron chi connectivity index (χ1n) is 12.1. The average molecular weight is 552 g/mol. The third-order valence-electron chi connectivity index (χ3n) is 5.60. The molecule has 0 aliphatic rings. The first-order chi connectivity index (χ1) is 17.4. The molecule has 11 nitrogen and oxygen atoms in total. The van der Waals surface area contributed by atoms with Crippen molar-refractivity contribution in [2.24, 2.45) is 0 Å². The number of anilines is 1. The number of nitrogen functional groups attached to an aromatic ring is 1. The second-order valence-corrected chi connectivity index (χ2v) is 12.1. The number of esters is 1. The van der Waals surface area contributed by atoms with E-state index in [-0.39, 0.29) is 25.1 Å². The van der Waals surface area contributed by atoms with E-state index < -0.39 is 19.0 Å². The number of ether oxygens (including phenoxy) is 2. The lowest BCUT2D eigenvalue weighted by Crippen LogP contribution is -2.49. The highest BCUT2D eigenvalue weighted by Gasteiger charge is 2.38. The summed E-state index contributed by atoms with van der Waals surface area (Å²) in [7, 11) is -3.49. The van der Waals surface area contributed by atoms with Gasteiger partial charge in [0.1, 0.15) is 23.7 Å². The van der Waals surface area contributed by atoms with Gasteiger partial charge in [0.15, 0.2) is 11.5 Å². The molecule has 3 atom stereocenters. The van der Waals surface area contributed by atoms with Crippen LogP contribution in [0.15, 0.2) is 36.9 Å². The molecule has 0 bridgehead atoms. The molecule has 0 spiro atoms. The molecule has 0 saturated carbocycles. The molecule has 13 heteroatoms. The van der Waals surface area contributed by atoms with Crippen molar-refractivity contribution in [2.75, 3.05) is 18.7 Å². The van der Waals surface area contributed by atoms with Gasteiger partial charge in [-0.1, -0.05) is 30.7 Å². The van der Waals surface area contributed by atoms with Gasteiger partial charge in [-0.2, -0.15) is 0 Å². The minimum absolute atomic E-state index is 0.180. The van der Waals surface area contributed by atoms with Gasteiger partial charge in [0.2, 0.25) is 7.44 Å². The Hall–Kier alpha value is -2.56. The summed E-state index contributed by atoms with van der Waals surface area (Å²) in [5, 5.41) is 6.77. The van der Waals surface area contributed by atoms with E-state index in [4.69, 9.17) is 26.8 Å². The number of carbonyl (C=O) groups is 1. The molecular formula is C24H35ClN7O4P. The van der Waals surface area contributed by atoms with E-state index in [9.17, 15) is 9.36 Å². The van der Waals surface area contributed by atoms with Crippen LogP contribution in [0.1, 0.15) is 52.6 Å². The second kappa shape index (κ2) is 12.3. The molecule has 202 valence electrons. The topological polar surface area (TPSA) is 146 Å². The summed E-state index contributed by atoms with van der Waals surface area (Å²) in [5.41, 5.74) is 6.62. The Morgan fingerprint density at radius 1 is 1.22 bits per heavy atom. The summed E-state index contributed by atoms with van der Waals surface area (Å²) in [6.07, 6.45) is 3.13. The van der Waals surface area contributed by atoms with Gasteiger partial charge in [-0.05, 0) is 51.8 Å². The largest absolute Gasteiger partial charge is 0.464 e. The summed E-state index contributed by atoms with van der Waals surface area (Å²) in [6, 6.07) is 6.92. The maximum Gasteiger partial charge on any atom is 0.326 e. The SMILES string of the molecule is CCCOC(=O)C(C)(C)N[P@@](=O)(CO[C@H](C)Cn1cnc2c(N)ncnc21)N[C@@H](C)c1ccc(Cl)cc1. The number of nitrogens with two attached hydrogens (primary N) is 1. The molecule has 4 N–H and O–H groups in total. The van der Waals surface area contributed by atoms with Crippen LogP contribution < -0.4 is 15.9 Å². The number of benzene rings is 1. The van der Waals surface area contributed by atoms with E-state index in [1.54, 1.807) is 36.9 Å². The van der Waals surface area contributed by atoms with Crippen molar-refractivity contribution in [1.29, 1.82) is 0 Å². The maximum absolute atomic E-state index is 14.2. The molecule has 2 heterocycles. The quantitative estimate of drug-likeness (QED) is 0.207. The van der Waals surface area contributed by atoms with E-state index in [0.29, 0.717) is 35.0 Å². The first kappa shape index (κ1) is 29.0. The molecular weight excluding hydrogens is 517 g/mol. The highest BCUT2D eigenvalue weighted by molar-refractivity contribution is 7.59. The monoisotopic (exact) mass is 551 g/mol. The van der Waals surface area contributed by atoms with Crippen LogP contribution in [0, 0.1) is 0 Å². The van der Waals surface area contributed by atoms with Crippen LogP contribution in [0.25, 0.3) is 11.2 Å². The molecule has 1 aromatic carbocycles. The number of fused-ring (bicyclic) bond motifs is 1. The standard InChI is InChI=1S/C24H35ClN7O4P/c1-6-11-35-23(33)24(4,5)31-37(34,30-17(3)18-7-9-19(25)10-8-18)15-36-16(2)12-32-14-29-20-21(26)27-13-28-22(20)32/h7-10,13-14,16-17H,6,11-12,15H2,1-5H3,(H2,26,27,28)(H2,30,31,34)/t16-,17+,37-/m1/s1. The molecule has 0 radical (unpaired) electrons. The van der Waals surface area contributed by atoms with Crippen molar-refractivity contribution < 1.29 is 18.8 Å². The van der Waals surface area contributed by atoms with Gasteiger partial charge in [0, 0.05) is 11.1 Å². The molecule has 0 aliphatic heterocycles. The van der Waals surface area contributed by atoms with E-state index in [1.807, 2.05) is 32.9 Å². The zero-order chi connectivity index (χ0) is 27.2. The van der Waals surface area contributed by atoms with Crippen molar-refractivity contribution >= 4 is 42.0 Å². The average Bonchev–Trinajstić information content (AvgIpc) is 3.25. The van der Waals surface area contributed by atoms with Gasteiger partial charge < -0.3 is 19.8 Å². The minimum Gasteiger partial charge on any atom is -0.464 e. The number of halogens is 1. The van der Waals surface area contributed by atoms with Gasteiger partial charge in [-0.15, -0.1) is 0 Å². The van der Waals surface area contributed by atoms with Crippen LogP contribution in [-0.2, 0) is 25.4 Å². The van der Waals surface area contributed by atoms with E-state index >= 15 is 0 Å². The molecule has 3 rings (SSSR count). The predicted molar refractivity (Wildman–Crippen MR) is 144 cm³/mol. The van der Waals surface area contributed by atoms with Crippen LogP contribution in [0.5, 0.6) is 0 Å². The van der Waals surface area contributed by atoms with Crippen LogP contribution in [-0.4, -0.2) is 50.1 Å². The Bertz CT molecular complexity index is 1250. The van der Waals surface area contributed by atoms with Crippen molar-refractivity contribution in [2.45, 2.75) is 65.3 Å². The lowest BCUT2D eigenvalue weighted by Gasteiger charge is -2.33. The zero-order valence-corrected chi connectivity index (χ0v) is 23.4. The highest BCUT2D eigenvalue weighted by atomic mass is 35.5. The fourth-order valence-electron chi connectivity index (χ4n) is 3.71. The summed E-state index contributed by atoms with van der Waals surface area (Å²) in [6.45, 7) is 9.59. The second-order valence-electron chi connectivity index (χ2n) is 9.45. The van der Waals surface area contributed by atoms with E-state index in [2.05, 4.69) is 25.1 Å². The Morgan fingerprint density at radius 3 is 2.59 bits per heavy atom. The van der Waals surface area contributed by atoms with E-state index in [1.165, 1.54) is 6.33 Å². The zero-order valence-electron chi connectivity index (χ0n) is 21.8. The van der Waals surface area contributed by atoms with Crippen molar-refractivity contribution in [3.63, 3.8) is 0 Å². The normalized spacial score (nSPS) is 15.3. The van der Waals surface area contributed by atoms with Crippen LogP contribution in [0.3, 0.4) is 0 Å². The van der Waals surface area contributed by atoms with Gasteiger partial charge in [0.25, 0.3) is 0 Å². The minimum atomic E-state index is -3.49. The predicted octanol–water partition coefficient (Wildman–Crippen LogP) is 4.29. The Morgan fingerprint density at radius 2 is 1.92 bits per heavy atom. The van der Waals surface area contributed by atoms with Crippen LogP contribution in [0.2, 0.25) is 5.02 Å². The fraction of sp³-hybridized carbons (Fsp3) is 0.500. The first-order valence-corrected chi connectivity index (χ1v) is 14.3. The van der Waals surface area contributed by atoms with Crippen LogP contribution >= 0.6 is 19.0 Å². The molecule has 0 fully saturated rings. The van der Waals surface area contributed by atoms with Gasteiger partial charge in [-0.25, -0.2) is 25.1 Å². The molecule has 37 heavy (non-hydrogen) atoms. The summed E-state index contributed by atoms with van der Waals surface area (Å²) >= 11 is 6.02. The number of imidazole rings is 1. The Labute approximate surface area is 222 Å². The third kappa shape index (κ3) is 7.72. The number of hydrogen-bond acceptors (Lipinski definition) is 8. The third-order valence-corrected chi connectivity index (χ3v) is 8.09. The van der Waals surface area contributed by atoms with Crippen molar-refractivity contribution in [3.8, 4) is 0 Å². The smallest absolute Gasteiger partial charge is 0.326 e. The highest BCUT2D eigenvalue weighted by Crippen LogP contribution is 2.42. The Kier molecular flexibility index (Phi) is 9.66. The molecule has 0 amide bonds. The van der Waals surface area contributed by atoms with E-state index in [0.717, 1.165) is 5.56 Å². The number of nitrogens with zero attached hydrogens (tertiary/aromatic N) is 4. The van der Waals surface area contributed by atoms with Gasteiger partial charge >= 0.3 is 5.97 Å². The summed E-state index contributed by atoms with van der Waals surface area (Å²) in [4.78, 5) is 25.1. The number of rotatable bonds is 13. The molecule has 0 aliphatic carbocycles. The molecule has 0 saturated heterocycles. The van der Waals surface area contributed by atoms with Crippen molar-refractivity contribution in [3.05, 3.63) is 47.5 Å². The lowest BCUT2D eigenvalue weighted by molar-refractivity contribution is -0.149. The Balaban J connectivity index is 1.76. The number of aromatic nitrogens is 4. The number of nitrogens with one attached hydrogen (secondary N) is 2. The number of carbonyl (C=O) groups excluding carboxylic acids is 1. The van der Waals surface area contributed by atoms with Crippen LogP contribution in [0.4, 0.5) is 5.82 Å². The maximum atomic E-state index is 14.2. The van der Waals surface area contributed by atoms with Crippen molar-refractivity contribution in [1.82, 2.24) is 29.7 Å². The lowest BCUT2D eigenvalue weighted by atomic mass is 10.1. The fourth-order valence-corrected chi connectivity index (χ4v) is 6.27. The summed E-state index contributed by atoms with van der Waals surface area (Å²) in [5.74, 6) is -0.200.